The van der Waals surface area contributed by atoms with Gasteiger partial charge in [0.1, 0.15) is 0 Å². The number of hydrogen-bond donors (Lipinski definition) is 3. The fraction of sp³-hybridized carbons (Fsp3) is 0.333. The van der Waals surface area contributed by atoms with E-state index in [4.69, 9.17) is 11.5 Å². The molecule has 0 aliphatic heterocycles. The lowest BCUT2D eigenvalue weighted by Gasteiger charge is -2.14. The molecule has 1 atom stereocenters. The maximum atomic E-state index is 13.0. The fourth-order valence-electron chi connectivity index (χ4n) is 1.23. The van der Waals surface area contributed by atoms with E-state index in [1.807, 2.05) is 0 Å². The van der Waals surface area contributed by atoms with Crippen LogP contribution < -0.4 is 11.5 Å². The van der Waals surface area contributed by atoms with E-state index in [1.165, 1.54) is 12.1 Å². The van der Waals surface area contributed by atoms with Gasteiger partial charge in [0.05, 0.1) is 0 Å². The molecule has 1 aromatic rings. The normalized spacial score (nSPS) is 12.0. The second-order valence-corrected chi connectivity index (χ2v) is 3.83. The minimum absolute atomic E-state index is 0. The van der Waals surface area contributed by atoms with Crippen LogP contribution in [0.3, 0.4) is 0 Å². The molecule has 0 radical (unpaired) electrons. The number of halogens is 3. The highest BCUT2D eigenvalue weighted by Gasteiger charge is 2.17. The Kier molecular flexibility index (Phi) is 6.12. The highest BCUT2D eigenvalue weighted by atomic mass is 79.9. The molecule has 0 saturated carbocycles. The van der Waals surface area contributed by atoms with Crippen molar-refractivity contribution in [3.8, 4) is 5.75 Å². The molecule has 0 spiro atoms. The van der Waals surface area contributed by atoms with Crippen molar-refractivity contribution in [3.05, 3.63) is 28.0 Å². The zero-order valence-electron chi connectivity index (χ0n) is 7.91. The van der Waals surface area contributed by atoms with E-state index in [0.29, 0.717) is 23.0 Å². The molecule has 0 saturated heterocycles. The lowest BCUT2D eigenvalue weighted by Crippen LogP contribution is -2.16. The molecule has 0 aliphatic carbocycles. The van der Waals surface area contributed by atoms with E-state index in [9.17, 15) is 9.50 Å². The van der Waals surface area contributed by atoms with Crippen LogP contribution in [0.1, 0.15) is 18.0 Å². The first-order valence-electron chi connectivity index (χ1n) is 4.20. The maximum absolute atomic E-state index is 13.0. The number of hydrogen-bond acceptors (Lipinski definition) is 3. The topological polar surface area (TPSA) is 72.3 Å². The van der Waals surface area contributed by atoms with Crippen LogP contribution >= 0.6 is 28.3 Å². The molecule has 86 valence electrons. The predicted octanol–water partition coefficient (Wildman–Crippen LogP) is 2.06. The van der Waals surface area contributed by atoms with Gasteiger partial charge in [-0.25, -0.2) is 4.39 Å². The summed E-state index contributed by atoms with van der Waals surface area (Å²) in [6, 6.07) is 2.24. The van der Waals surface area contributed by atoms with Crippen LogP contribution in [0.15, 0.2) is 16.6 Å². The van der Waals surface area contributed by atoms with Crippen molar-refractivity contribution >= 4 is 28.3 Å². The molecule has 15 heavy (non-hydrogen) atoms. The molecule has 0 heterocycles. The van der Waals surface area contributed by atoms with Crippen molar-refractivity contribution < 1.29 is 9.50 Å². The lowest BCUT2D eigenvalue weighted by molar-refractivity contribution is 0.418. The molecule has 0 fully saturated rings. The molecule has 0 aliphatic rings. The van der Waals surface area contributed by atoms with Crippen molar-refractivity contribution in [1.29, 1.82) is 0 Å². The Morgan fingerprint density at radius 3 is 2.60 bits per heavy atom. The van der Waals surface area contributed by atoms with Crippen molar-refractivity contribution in [2.45, 2.75) is 12.5 Å². The molecule has 0 bridgehead atoms. The van der Waals surface area contributed by atoms with Crippen molar-refractivity contribution in [1.82, 2.24) is 0 Å². The van der Waals surface area contributed by atoms with Gasteiger partial charge >= 0.3 is 0 Å². The molecule has 0 aromatic heterocycles. The summed E-state index contributed by atoms with van der Waals surface area (Å²) in [6.07, 6.45) is 0.496. The number of rotatable bonds is 3. The molecular weight excluding hydrogens is 286 g/mol. The monoisotopic (exact) mass is 298 g/mol. The molecular formula is C9H13BrClFN2O. The summed E-state index contributed by atoms with van der Waals surface area (Å²) >= 11 is 3.20. The molecule has 1 rings (SSSR count). The zero-order valence-corrected chi connectivity index (χ0v) is 10.3. The van der Waals surface area contributed by atoms with Crippen molar-refractivity contribution in [3.63, 3.8) is 0 Å². The summed E-state index contributed by atoms with van der Waals surface area (Å²) in [5, 5.41) is 9.45. The molecule has 3 nitrogen and oxygen atoms in total. The highest BCUT2D eigenvalue weighted by Crippen LogP contribution is 2.33. The summed E-state index contributed by atoms with van der Waals surface area (Å²) in [4.78, 5) is 0. The van der Waals surface area contributed by atoms with Crippen LogP contribution in [0.4, 0.5) is 4.39 Å². The van der Waals surface area contributed by atoms with Gasteiger partial charge in [-0.2, -0.15) is 0 Å². The minimum Gasteiger partial charge on any atom is -0.505 e. The number of phenolic OH excluding ortho intramolecular Hbond substituents is 1. The van der Waals surface area contributed by atoms with E-state index in [1.54, 1.807) is 0 Å². The Morgan fingerprint density at radius 1 is 1.47 bits per heavy atom. The first-order chi connectivity index (χ1) is 6.57. The van der Waals surface area contributed by atoms with Gasteiger partial charge in [0.2, 0.25) is 0 Å². The average Bonchev–Trinajstić information content (AvgIpc) is 2.13. The Hall–Kier alpha value is -0.360. The second-order valence-electron chi connectivity index (χ2n) is 2.98. The summed E-state index contributed by atoms with van der Waals surface area (Å²) in [5.41, 5.74) is 11.4. The van der Waals surface area contributed by atoms with E-state index in [0.717, 1.165) is 0 Å². The van der Waals surface area contributed by atoms with Gasteiger partial charge in [0.15, 0.2) is 11.6 Å². The molecule has 5 N–H and O–H groups in total. The third-order valence-corrected chi connectivity index (χ3v) is 2.65. The molecule has 0 unspecified atom stereocenters. The van der Waals surface area contributed by atoms with Gasteiger partial charge in [-0.05, 0) is 25.1 Å². The lowest BCUT2D eigenvalue weighted by atomic mass is 10.0. The number of phenols is 1. The Morgan fingerprint density at radius 2 is 2.07 bits per heavy atom. The van der Waals surface area contributed by atoms with Gasteiger partial charge < -0.3 is 16.6 Å². The first-order valence-corrected chi connectivity index (χ1v) is 4.99. The highest BCUT2D eigenvalue weighted by molar-refractivity contribution is 9.10. The third-order valence-electron chi connectivity index (χ3n) is 1.96. The smallest absolute Gasteiger partial charge is 0.165 e. The van der Waals surface area contributed by atoms with Gasteiger partial charge in [0, 0.05) is 16.1 Å². The van der Waals surface area contributed by atoms with E-state index in [2.05, 4.69) is 15.9 Å². The Bertz CT molecular complexity index is 338. The van der Waals surface area contributed by atoms with Gasteiger partial charge in [-0.1, -0.05) is 15.9 Å². The quantitative estimate of drug-likeness (QED) is 0.800. The summed E-state index contributed by atoms with van der Waals surface area (Å²) in [7, 11) is 0. The standard InChI is InChI=1S/C9H12BrFN2O.ClH/c10-5-1-2-6(11)9(14)8(5)7(13)3-4-12;/h1-2,7,14H,3-4,12-13H2;1H/t7-;/m0./s1. The van der Waals surface area contributed by atoms with E-state index < -0.39 is 17.6 Å². The number of aromatic hydroxyl groups is 1. The molecule has 6 heteroatoms. The van der Waals surface area contributed by atoms with Crippen LogP contribution in [0.5, 0.6) is 5.75 Å². The largest absolute Gasteiger partial charge is 0.505 e. The average molecular weight is 300 g/mol. The maximum Gasteiger partial charge on any atom is 0.165 e. The van der Waals surface area contributed by atoms with E-state index in [-0.39, 0.29) is 12.4 Å². The zero-order chi connectivity index (χ0) is 10.7. The third kappa shape index (κ3) is 3.31. The summed E-state index contributed by atoms with van der Waals surface area (Å²) in [5.74, 6) is -1.07. The van der Waals surface area contributed by atoms with Gasteiger partial charge in [-0.3, -0.25) is 0 Å². The second kappa shape index (κ2) is 6.27. The fourth-order valence-corrected chi connectivity index (χ4v) is 1.85. The Balaban J connectivity index is 0.00000196. The van der Waals surface area contributed by atoms with Crippen LogP contribution in [0.2, 0.25) is 0 Å². The van der Waals surface area contributed by atoms with Gasteiger partial charge in [0.25, 0.3) is 0 Å². The number of benzene rings is 1. The Labute approximate surface area is 102 Å². The van der Waals surface area contributed by atoms with Crippen molar-refractivity contribution in [2.75, 3.05) is 6.54 Å². The van der Waals surface area contributed by atoms with Crippen LogP contribution in [-0.4, -0.2) is 11.7 Å². The molecule has 1 aromatic carbocycles. The number of nitrogens with two attached hydrogens (primary N) is 2. The van der Waals surface area contributed by atoms with E-state index >= 15 is 0 Å². The van der Waals surface area contributed by atoms with Crippen LogP contribution in [0, 0.1) is 5.82 Å². The van der Waals surface area contributed by atoms with Crippen LogP contribution in [-0.2, 0) is 0 Å². The van der Waals surface area contributed by atoms with Crippen molar-refractivity contribution in [2.24, 2.45) is 11.5 Å². The first kappa shape index (κ1) is 14.6. The summed E-state index contributed by atoms with van der Waals surface area (Å²) in [6.45, 7) is 0.392. The van der Waals surface area contributed by atoms with Crippen LogP contribution in [0.25, 0.3) is 0 Å². The predicted molar refractivity (Wildman–Crippen MR) is 63.6 cm³/mol. The summed E-state index contributed by atoms with van der Waals surface area (Å²) < 4.78 is 13.6. The molecule has 0 amide bonds. The SMILES string of the molecule is Cl.NCC[C@H](N)c1c(Br)ccc(F)c1O. The minimum atomic E-state index is -0.671. The van der Waals surface area contributed by atoms with Gasteiger partial charge in [-0.15, -0.1) is 12.4 Å².